The summed E-state index contributed by atoms with van der Waals surface area (Å²) in [5.74, 6) is -0.649. The second kappa shape index (κ2) is 8.71. The van der Waals surface area contributed by atoms with Gasteiger partial charge in [-0.1, -0.05) is 74.5 Å². The van der Waals surface area contributed by atoms with Gasteiger partial charge in [-0.05, 0) is 35.3 Å². The van der Waals surface area contributed by atoms with E-state index in [0.717, 1.165) is 24.0 Å². The Labute approximate surface area is 202 Å². The highest BCUT2D eigenvalue weighted by Gasteiger charge is 2.75. The van der Waals surface area contributed by atoms with Gasteiger partial charge in [0, 0.05) is 24.9 Å². The van der Waals surface area contributed by atoms with E-state index in [1.165, 1.54) is 0 Å². The van der Waals surface area contributed by atoms with E-state index in [4.69, 9.17) is 9.47 Å². The van der Waals surface area contributed by atoms with Gasteiger partial charge in [0.2, 0.25) is 10.0 Å². The molecule has 34 heavy (non-hydrogen) atoms. The maximum absolute atomic E-state index is 14.2. The third-order valence-electron chi connectivity index (χ3n) is 8.71. The van der Waals surface area contributed by atoms with E-state index in [1.54, 1.807) is 4.31 Å². The Morgan fingerprint density at radius 3 is 2.09 bits per heavy atom. The molecule has 2 aromatic rings. The summed E-state index contributed by atoms with van der Waals surface area (Å²) in [7, 11) is -3.69. The molecule has 2 bridgehead atoms. The number of rotatable bonds is 8. The smallest absolute Gasteiger partial charge is 0.215 e. The van der Waals surface area contributed by atoms with Gasteiger partial charge in [0.1, 0.15) is 6.10 Å². The zero-order valence-electron chi connectivity index (χ0n) is 20.0. The number of benzene rings is 2. The van der Waals surface area contributed by atoms with Crippen molar-refractivity contribution in [2.45, 2.75) is 58.1 Å². The van der Waals surface area contributed by atoms with Crippen molar-refractivity contribution in [2.75, 3.05) is 19.0 Å². The number of aliphatic hydroxyl groups is 1. The summed E-state index contributed by atoms with van der Waals surface area (Å²) in [6, 6.07) is 19.5. The third kappa shape index (κ3) is 3.82. The van der Waals surface area contributed by atoms with Gasteiger partial charge in [-0.15, -0.1) is 0 Å². The number of hydrogen-bond donors (Lipinski definition) is 1. The molecule has 1 aliphatic heterocycles. The van der Waals surface area contributed by atoms with Crippen LogP contribution in [0.5, 0.6) is 0 Å². The summed E-state index contributed by atoms with van der Waals surface area (Å²) in [4.78, 5) is 0. The van der Waals surface area contributed by atoms with Crippen LogP contribution in [0.3, 0.4) is 0 Å². The first kappa shape index (κ1) is 23.9. The van der Waals surface area contributed by atoms with Crippen LogP contribution < -0.4 is 0 Å². The average molecular weight is 486 g/mol. The van der Waals surface area contributed by atoms with Crippen molar-refractivity contribution in [3.8, 4) is 0 Å². The fourth-order valence-corrected chi connectivity index (χ4v) is 8.90. The van der Waals surface area contributed by atoms with Crippen LogP contribution in [0.2, 0.25) is 0 Å². The van der Waals surface area contributed by atoms with Crippen LogP contribution in [0.1, 0.15) is 44.2 Å². The van der Waals surface area contributed by atoms with Gasteiger partial charge < -0.3 is 14.6 Å². The Bertz CT molecular complexity index is 1060. The van der Waals surface area contributed by atoms with Crippen LogP contribution >= 0.6 is 0 Å². The van der Waals surface area contributed by atoms with Gasteiger partial charge in [-0.3, -0.25) is 0 Å². The average Bonchev–Trinajstić information content (AvgIpc) is 3.40. The van der Waals surface area contributed by atoms with E-state index in [2.05, 4.69) is 13.8 Å². The van der Waals surface area contributed by atoms with E-state index in [9.17, 15) is 13.5 Å². The van der Waals surface area contributed by atoms with Gasteiger partial charge in [0.25, 0.3) is 0 Å². The van der Waals surface area contributed by atoms with Gasteiger partial charge >= 0.3 is 0 Å². The number of fused-ring (bicyclic) bond motifs is 3. The molecule has 6 nitrogen and oxygen atoms in total. The molecule has 184 valence electrons. The zero-order chi connectivity index (χ0) is 24.0. The molecule has 2 aliphatic carbocycles. The fourth-order valence-electron chi connectivity index (χ4n) is 6.66. The minimum atomic E-state index is -3.69. The van der Waals surface area contributed by atoms with Gasteiger partial charge in [-0.25, -0.2) is 8.42 Å². The van der Waals surface area contributed by atoms with E-state index in [-0.39, 0.29) is 17.8 Å². The second-order valence-corrected chi connectivity index (χ2v) is 12.7. The molecule has 0 radical (unpaired) electrons. The van der Waals surface area contributed by atoms with Crippen molar-refractivity contribution >= 4 is 10.0 Å². The number of nitrogens with zero attached hydrogens (tertiary/aromatic N) is 1. The van der Waals surface area contributed by atoms with Crippen molar-refractivity contribution in [1.82, 2.24) is 4.31 Å². The molecule has 0 amide bonds. The summed E-state index contributed by atoms with van der Waals surface area (Å²) in [5.41, 5.74) is 0.991. The van der Waals surface area contributed by atoms with E-state index in [0.29, 0.717) is 32.0 Å². The monoisotopic (exact) mass is 485 g/mol. The number of aliphatic hydroxyl groups excluding tert-OH is 1. The van der Waals surface area contributed by atoms with E-state index >= 15 is 0 Å². The highest BCUT2D eigenvalue weighted by molar-refractivity contribution is 7.89. The molecule has 1 saturated heterocycles. The Hall–Kier alpha value is -1.77. The summed E-state index contributed by atoms with van der Waals surface area (Å²) >= 11 is 0. The van der Waals surface area contributed by atoms with Crippen molar-refractivity contribution in [3.05, 3.63) is 71.8 Å². The molecule has 1 spiro atoms. The molecule has 0 unspecified atom stereocenters. The molecule has 0 aromatic heterocycles. The lowest BCUT2D eigenvalue weighted by Crippen LogP contribution is -2.56. The van der Waals surface area contributed by atoms with Gasteiger partial charge in [0.05, 0.1) is 19.0 Å². The second-order valence-electron chi connectivity index (χ2n) is 10.7. The van der Waals surface area contributed by atoms with E-state index in [1.807, 2.05) is 60.7 Å². The predicted octanol–water partition coefficient (Wildman–Crippen LogP) is 3.95. The van der Waals surface area contributed by atoms with Crippen LogP contribution in [0.4, 0.5) is 0 Å². The third-order valence-corrected chi connectivity index (χ3v) is 10.6. The SMILES string of the molecule is CC1(C)[C@H]2CC[C@]1(CS(=O)(=O)N(Cc1ccccc1)Cc1ccccc1)[C@]1(C2)OC[C@H](CO)O1. The molecule has 7 heteroatoms. The first-order valence-electron chi connectivity index (χ1n) is 12.2. The first-order valence-corrected chi connectivity index (χ1v) is 13.8. The van der Waals surface area contributed by atoms with Crippen LogP contribution in [-0.2, 0) is 32.6 Å². The lowest BCUT2D eigenvalue weighted by molar-refractivity contribution is -0.245. The lowest BCUT2D eigenvalue weighted by atomic mass is 9.68. The normalized spacial score (nSPS) is 32.1. The predicted molar refractivity (Wildman–Crippen MR) is 130 cm³/mol. The molecule has 1 N–H and O–H groups in total. The maximum atomic E-state index is 14.2. The first-order chi connectivity index (χ1) is 16.2. The summed E-state index contributed by atoms with van der Waals surface area (Å²) in [5, 5.41) is 9.71. The quantitative estimate of drug-likeness (QED) is 0.613. The Kier molecular flexibility index (Phi) is 6.14. The minimum absolute atomic E-state index is 0.0265. The van der Waals surface area contributed by atoms with Crippen LogP contribution in [0, 0.1) is 16.7 Å². The highest BCUT2D eigenvalue weighted by atomic mass is 32.2. The molecule has 3 fully saturated rings. The summed E-state index contributed by atoms with van der Waals surface area (Å²) in [6.07, 6.45) is 1.99. The van der Waals surface area contributed by atoms with Crippen LogP contribution in [-0.4, -0.2) is 48.7 Å². The molecule has 1 heterocycles. The maximum Gasteiger partial charge on any atom is 0.215 e. The molecular weight excluding hydrogens is 450 g/mol. The summed E-state index contributed by atoms with van der Waals surface area (Å²) < 4.78 is 42.7. The van der Waals surface area contributed by atoms with Crippen molar-refractivity contribution < 1.29 is 23.0 Å². The number of ether oxygens (including phenoxy) is 2. The van der Waals surface area contributed by atoms with Crippen molar-refractivity contribution in [1.29, 1.82) is 0 Å². The van der Waals surface area contributed by atoms with E-state index < -0.39 is 27.3 Å². The lowest BCUT2D eigenvalue weighted by Gasteiger charge is -2.47. The van der Waals surface area contributed by atoms with Crippen molar-refractivity contribution in [2.24, 2.45) is 16.7 Å². The Balaban J connectivity index is 1.50. The Morgan fingerprint density at radius 2 is 1.59 bits per heavy atom. The van der Waals surface area contributed by atoms with Crippen molar-refractivity contribution in [3.63, 3.8) is 0 Å². The molecule has 5 rings (SSSR count). The Morgan fingerprint density at radius 1 is 1.00 bits per heavy atom. The standard InChI is InChI=1S/C27H35NO5S/c1-25(2)23-13-14-26(25,27(15-23)32-19-24(18-29)33-27)20-34(30,31)28(16-21-9-5-3-6-10-21)17-22-11-7-4-8-12-22/h3-12,23-24,29H,13-20H2,1-2H3/t23-,24-,26+,27+/m0/s1. The molecular formula is C27H35NO5S. The highest BCUT2D eigenvalue weighted by Crippen LogP contribution is 2.72. The zero-order valence-corrected chi connectivity index (χ0v) is 20.8. The number of sulfonamides is 1. The molecule has 2 aromatic carbocycles. The summed E-state index contributed by atoms with van der Waals surface area (Å²) in [6.45, 7) is 5.15. The van der Waals surface area contributed by atoms with Gasteiger partial charge in [-0.2, -0.15) is 4.31 Å². The molecule has 3 aliphatic rings. The molecule has 2 saturated carbocycles. The molecule has 4 atom stereocenters. The van der Waals surface area contributed by atoms with Crippen LogP contribution in [0.25, 0.3) is 0 Å². The topological polar surface area (TPSA) is 76.1 Å². The van der Waals surface area contributed by atoms with Crippen LogP contribution in [0.15, 0.2) is 60.7 Å². The largest absolute Gasteiger partial charge is 0.394 e. The fraction of sp³-hybridized carbons (Fsp3) is 0.556. The minimum Gasteiger partial charge on any atom is -0.394 e. The number of hydrogen-bond acceptors (Lipinski definition) is 5. The van der Waals surface area contributed by atoms with Gasteiger partial charge in [0.15, 0.2) is 5.79 Å².